The first-order valence-corrected chi connectivity index (χ1v) is 11.3. The van der Waals surface area contributed by atoms with E-state index in [1.165, 1.54) is 0 Å². The number of anilines is 2. The molecule has 0 spiro atoms. The minimum Gasteiger partial charge on any atom is -0.351 e. The monoisotopic (exact) mass is 471 g/mol. The van der Waals surface area contributed by atoms with Gasteiger partial charge in [-0.15, -0.1) is 0 Å². The Hall–Kier alpha value is -2.24. The molecule has 0 aromatic carbocycles. The zero-order valence-corrected chi connectivity index (χ0v) is 19.2. The predicted molar refractivity (Wildman–Crippen MR) is 118 cm³/mol. The van der Waals surface area contributed by atoms with Crippen LogP contribution in [-0.4, -0.2) is 76.7 Å². The molecule has 10 nitrogen and oxygen atoms in total. The first-order valence-electron chi connectivity index (χ1n) is 10.9. The Labute approximate surface area is 192 Å². The van der Waals surface area contributed by atoms with Crippen molar-refractivity contribution in [3.8, 4) is 0 Å². The highest BCUT2D eigenvalue weighted by Crippen LogP contribution is 2.31. The van der Waals surface area contributed by atoms with E-state index in [9.17, 15) is 14.8 Å². The first kappa shape index (κ1) is 24.4. The summed E-state index contributed by atoms with van der Waals surface area (Å²) < 4.78 is 15.2. The third kappa shape index (κ3) is 6.17. The summed E-state index contributed by atoms with van der Waals surface area (Å²) in [5, 5.41) is 9.90. The average molecular weight is 472 g/mol. The zero-order chi connectivity index (χ0) is 23.3. The van der Waals surface area contributed by atoms with Crippen molar-refractivity contribution in [2.75, 3.05) is 43.6 Å². The Kier molecular flexibility index (Phi) is 8.44. The lowest BCUT2D eigenvalue weighted by Gasteiger charge is -2.38. The summed E-state index contributed by atoms with van der Waals surface area (Å²) in [5.74, 6) is -1.65. The molecule has 2 amide bonds. The number of amides is 2. The van der Waals surface area contributed by atoms with Gasteiger partial charge in [-0.3, -0.25) is 25.6 Å². The lowest BCUT2D eigenvalue weighted by molar-refractivity contribution is -0.154. The maximum Gasteiger partial charge on any atom is 0.243 e. The molecule has 2 aliphatic rings. The number of likely N-dealkylation sites (N-methyl/N-ethyl adjacent to an activating group) is 1. The highest BCUT2D eigenvalue weighted by atomic mass is 35.5. The van der Waals surface area contributed by atoms with Crippen molar-refractivity contribution < 1.29 is 19.2 Å². The van der Waals surface area contributed by atoms with Gasteiger partial charge in [0.25, 0.3) is 0 Å². The number of halogens is 2. The van der Waals surface area contributed by atoms with Gasteiger partial charge in [-0.25, -0.2) is 5.06 Å². The number of rotatable bonds is 9. The third-order valence-corrected chi connectivity index (χ3v) is 6.53. The van der Waals surface area contributed by atoms with Crippen LogP contribution in [0.15, 0.2) is 0 Å². The second-order valence-electron chi connectivity index (χ2n) is 8.68. The summed E-state index contributed by atoms with van der Waals surface area (Å²) in [7, 11) is 2.01. The average Bonchev–Trinajstić information content (AvgIpc) is 3.28. The largest absolute Gasteiger partial charge is 0.351 e. The van der Waals surface area contributed by atoms with Crippen LogP contribution in [0.3, 0.4) is 0 Å². The molecular weight excluding hydrogens is 441 g/mol. The van der Waals surface area contributed by atoms with Crippen LogP contribution >= 0.6 is 11.6 Å². The molecule has 12 heteroatoms. The number of hydrogen-bond acceptors (Lipinski definition) is 8. The summed E-state index contributed by atoms with van der Waals surface area (Å²) in [6.45, 7) is 3.80. The molecule has 1 aliphatic heterocycles. The van der Waals surface area contributed by atoms with Gasteiger partial charge < -0.3 is 9.80 Å². The minimum absolute atomic E-state index is 0.0756. The highest BCUT2D eigenvalue weighted by Gasteiger charge is 2.29. The summed E-state index contributed by atoms with van der Waals surface area (Å²) in [4.78, 5) is 35.5. The summed E-state index contributed by atoms with van der Waals surface area (Å²) >= 11 is 6.03. The van der Waals surface area contributed by atoms with Crippen molar-refractivity contribution in [2.24, 2.45) is 11.8 Å². The molecule has 3 rings (SSSR count). The third-order valence-electron chi connectivity index (χ3n) is 6.36. The van der Waals surface area contributed by atoms with E-state index in [4.69, 9.17) is 11.6 Å². The predicted octanol–water partition coefficient (Wildman–Crippen LogP) is 1.90. The number of hydrogen-bond donors (Lipinski definition) is 3. The molecular formula is C20H31ClFN7O3. The molecule has 1 aliphatic carbocycles. The SMILES string of the molecule is C[C@@H]1CN(c2nc(Cl)nc(NNC(=O)[C@H](CC3CCCC3)CN(O)C=O)c2F)CCN1C. The smallest absolute Gasteiger partial charge is 0.243 e. The van der Waals surface area contributed by atoms with E-state index >= 15 is 4.39 Å². The molecule has 1 saturated carbocycles. The van der Waals surface area contributed by atoms with Crippen LogP contribution in [0.4, 0.5) is 16.0 Å². The van der Waals surface area contributed by atoms with E-state index in [2.05, 4.69) is 25.7 Å². The van der Waals surface area contributed by atoms with Gasteiger partial charge in [0.15, 0.2) is 11.6 Å². The van der Waals surface area contributed by atoms with E-state index in [1.807, 2.05) is 14.0 Å². The van der Waals surface area contributed by atoms with Gasteiger partial charge in [0.2, 0.25) is 23.4 Å². The van der Waals surface area contributed by atoms with Crippen molar-refractivity contribution in [1.29, 1.82) is 0 Å². The van der Waals surface area contributed by atoms with Gasteiger partial charge in [-0.1, -0.05) is 25.7 Å². The number of nitrogens with one attached hydrogen (secondary N) is 2. The quantitative estimate of drug-likeness (QED) is 0.216. The van der Waals surface area contributed by atoms with E-state index in [0.29, 0.717) is 30.5 Å². The Morgan fingerprint density at radius 3 is 2.75 bits per heavy atom. The Balaban J connectivity index is 1.69. The molecule has 2 fully saturated rings. The van der Waals surface area contributed by atoms with E-state index in [-0.39, 0.29) is 35.9 Å². The van der Waals surface area contributed by atoms with Crippen LogP contribution < -0.4 is 15.8 Å². The highest BCUT2D eigenvalue weighted by molar-refractivity contribution is 6.28. The summed E-state index contributed by atoms with van der Waals surface area (Å²) in [5.41, 5.74) is 4.97. The van der Waals surface area contributed by atoms with Gasteiger partial charge in [0, 0.05) is 25.7 Å². The van der Waals surface area contributed by atoms with Crippen LogP contribution in [-0.2, 0) is 9.59 Å². The molecule has 2 atom stereocenters. The van der Waals surface area contributed by atoms with Crippen molar-refractivity contribution >= 4 is 35.6 Å². The number of hydroxylamine groups is 2. The van der Waals surface area contributed by atoms with E-state index in [1.54, 1.807) is 4.90 Å². The van der Waals surface area contributed by atoms with Gasteiger partial charge in [0.05, 0.1) is 12.5 Å². The molecule has 32 heavy (non-hydrogen) atoms. The number of piperazine rings is 1. The number of hydrazine groups is 1. The van der Waals surface area contributed by atoms with Crippen LogP contribution in [0.2, 0.25) is 5.28 Å². The van der Waals surface area contributed by atoms with E-state index in [0.717, 1.165) is 32.2 Å². The molecule has 0 radical (unpaired) electrons. The maximum absolute atomic E-state index is 15.2. The fraction of sp³-hybridized carbons (Fsp3) is 0.700. The zero-order valence-electron chi connectivity index (χ0n) is 18.4. The molecule has 3 N–H and O–H groups in total. The van der Waals surface area contributed by atoms with Crippen LogP contribution in [0.5, 0.6) is 0 Å². The molecule has 0 bridgehead atoms. The lowest BCUT2D eigenvalue weighted by Crippen LogP contribution is -2.50. The molecule has 1 aromatic rings. The fourth-order valence-corrected chi connectivity index (χ4v) is 4.51. The standard InChI is InChI=1S/C20H31ClFN7O3/c1-13-10-28(8-7-27(13)2)18-16(22)17(23-20(21)24-18)25-26-19(31)15(11-29(32)12-30)9-14-5-3-4-6-14/h12-15,32H,3-11H2,1-2H3,(H,26,31)(H,23,24,25)/t13-,15-/m1/s1. The topological polar surface area (TPSA) is 114 Å². The Morgan fingerprint density at radius 1 is 1.38 bits per heavy atom. The van der Waals surface area contributed by atoms with Crippen LogP contribution in [0.25, 0.3) is 0 Å². The molecule has 1 aromatic heterocycles. The molecule has 2 heterocycles. The Bertz CT molecular complexity index is 812. The summed E-state index contributed by atoms with van der Waals surface area (Å²) in [6, 6.07) is 0.212. The van der Waals surface area contributed by atoms with Gasteiger partial charge >= 0.3 is 0 Å². The molecule has 0 unspecified atom stereocenters. The van der Waals surface area contributed by atoms with Crippen molar-refractivity contribution in [3.63, 3.8) is 0 Å². The minimum atomic E-state index is -0.713. The van der Waals surface area contributed by atoms with Crippen molar-refractivity contribution in [3.05, 3.63) is 11.1 Å². The number of carbonyl (C=O) groups excluding carboxylic acids is 2. The van der Waals surface area contributed by atoms with Gasteiger partial charge in [0.1, 0.15) is 0 Å². The first-order chi connectivity index (χ1) is 15.3. The van der Waals surface area contributed by atoms with Crippen LogP contribution in [0, 0.1) is 17.7 Å². The second kappa shape index (κ2) is 11.1. The van der Waals surface area contributed by atoms with Crippen molar-refractivity contribution in [1.82, 2.24) is 25.4 Å². The number of aromatic nitrogens is 2. The Morgan fingerprint density at radius 2 is 2.09 bits per heavy atom. The van der Waals surface area contributed by atoms with E-state index < -0.39 is 17.6 Å². The molecule has 178 valence electrons. The number of nitrogens with zero attached hydrogens (tertiary/aromatic N) is 5. The van der Waals surface area contributed by atoms with Gasteiger partial charge in [-0.05, 0) is 37.9 Å². The van der Waals surface area contributed by atoms with Crippen molar-refractivity contribution in [2.45, 2.75) is 45.1 Å². The lowest BCUT2D eigenvalue weighted by atomic mass is 9.92. The maximum atomic E-state index is 15.2. The number of carbonyl (C=O) groups is 2. The summed E-state index contributed by atoms with van der Waals surface area (Å²) in [6.07, 6.45) is 5.00. The van der Waals surface area contributed by atoms with Crippen LogP contribution in [0.1, 0.15) is 39.0 Å². The fourth-order valence-electron chi connectivity index (χ4n) is 4.35. The normalized spacial score (nSPS) is 20.8. The second-order valence-corrected chi connectivity index (χ2v) is 9.02. The van der Waals surface area contributed by atoms with Gasteiger partial charge in [-0.2, -0.15) is 14.4 Å². The molecule has 1 saturated heterocycles.